The molecule has 4 rings (SSSR count). The number of aryl methyl sites for hydroxylation is 1. The van der Waals surface area contributed by atoms with Crippen LogP contribution in [-0.4, -0.2) is 16.6 Å². The zero-order valence-corrected chi connectivity index (χ0v) is 12.0. The maximum absolute atomic E-state index is 5.67. The van der Waals surface area contributed by atoms with E-state index in [1.165, 1.54) is 16.5 Å². The van der Waals surface area contributed by atoms with E-state index in [1.807, 2.05) is 24.4 Å². The minimum Gasteiger partial charge on any atom is -0.493 e. The molecule has 0 spiro atoms. The van der Waals surface area contributed by atoms with E-state index in [1.54, 1.807) is 0 Å². The van der Waals surface area contributed by atoms with E-state index >= 15 is 0 Å². The zero-order valence-electron chi connectivity index (χ0n) is 12.0. The second-order valence-electron chi connectivity index (χ2n) is 5.27. The van der Waals surface area contributed by atoms with Gasteiger partial charge in [-0.3, -0.25) is 4.98 Å². The number of hydrogen-bond acceptors (Lipinski definition) is 3. The first kappa shape index (κ1) is 12.3. The van der Waals surface area contributed by atoms with Crippen LogP contribution in [0.2, 0.25) is 0 Å². The molecular weight excluding hydrogens is 260 g/mol. The Morgan fingerprint density at radius 3 is 2.90 bits per heavy atom. The molecule has 21 heavy (non-hydrogen) atoms. The summed E-state index contributed by atoms with van der Waals surface area (Å²) >= 11 is 0. The predicted octanol–water partition coefficient (Wildman–Crippen LogP) is 3.79. The summed E-state index contributed by atoms with van der Waals surface area (Å²) in [4.78, 5) is 9.31. The molecule has 2 aromatic heterocycles. The molecule has 0 saturated heterocycles. The van der Waals surface area contributed by atoms with Crippen LogP contribution in [0.1, 0.15) is 18.1 Å². The topological polar surface area (TPSA) is 35.0 Å². The summed E-state index contributed by atoms with van der Waals surface area (Å²) in [6.07, 6.45) is 3.73. The SMILES string of the molecule is CCc1cc(-c2ccccn2)nc2c3c(ccc12)OCC3. The van der Waals surface area contributed by atoms with Crippen molar-refractivity contribution in [3.63, 3.8) is 0 Å². The Morgan fingerprint density at radius 2 is 2.10 bits per heavy atom. The maximum Gasteiger partial charge on any atom is 0.124 e. The first-order valence-electron chi connectivity index (χ1n) is 7.36. The molecule has 104 valence electrons. The van der Waals surface area contributed by atoms with Gasteiger partial charge in [0, 0.05) is 23.6 Å². The van der Waals surface area contributed by atoms with Gasteiger partial charge in [-0.15, -0.1) is 0 Å². The lowest BCUT2D eigenvalue weighted by molar-refractivity contribution is 0.357. The van der Waals surface area contributed by atoms with Crippen LogP contribution < -0.4 is 4.74 Å². The average Bonchev–Trinajstić information content (AvgIpc) is 3.03. The molecule has 0 N–H and O–H groups in total. The molecule has 0 bridgehead atoms. The van der Waals surface area contributed by atoms with E-state index in [0.29, 0.717) is 0 Å². The highest BCUT2D eigenvalue weighted by atomic mass is 16.5. The van der Waals surface area contributed by atoms with Gasteiger partial charge in [0.15, 0.2) is 0 Å². The average molecular weight is 276 g/mol. The Bertz CT molecular complexity index is 812. The minimum atomic E-state index is 0.755. The summed E-state index contributed by atoms with van der Waals surface area (Å²) in [5, 5.41) is 1.24. The monoisotopic (exact) mass is 276 g/mol. The van der Waals surface area contributed by atoms with Crippen molar-refractivity contribution >= 4 is 10.9 Å². The van der Waals surface area contributed by atoms with Crippen LogP contribution >= 0.6 is 0 Å². The second kappa shape index (κ2) is 4.85. The summed E-state index contributed by atoms with van der Waals surface area (Å²) in [5.41, 5.74) is 5.49. The summed E-state index contributed by atoms with van der Waals surface area (Å²) in [7, 11) is 0. The van der Waals surface area contributed by atoms with Crippen LogP contribution in [0.5, 0.6) is 5.75 Å². The first-order chi connectivity index (χ1) is 10.4. The molecule has 1 aromatic carbocycles. The van der Waals surface area contributed by atoms with E-state index in [2.05, 4.69) is 30.1 Å². The lowest BCUT2D eigenvalue weighted by Crippen LogP contribution is -1.95. The lowest BCUT2D eigenvalue weighted by atomic mass is 10.00. The van der Waals surface area contributed by atoms with Gasteiger partial charge in [-0.25, -0.2) is 4.98 Å². The van der Waals surface area contributed by atoms with Crippen LogP contribution in [0.4, 0.5) is 0 Å². The Kier molecular flexibility index (Phi) is 2.85. The highest BCUT2D eigenvalue weighted by Crippen LogP contribution is 2.34. The third-order valence-electron chi connectivity index (χ3n) is 4.05. The van der Waals surface area contributed by atoms with E-state index in [4.69, 9.17) is 9.72 Å². The summed E-state index contributed by atoms with van der Waals surface area (Å²) in [6.45, 7) is 2.94. The Hall–Kier alpha value is -2.42. The lowest BCUT2D eigenvalue weighted by Gasteiger charge is -2.10. The molecule has 0 aliphatic carbocycles. The molecule has 0 saturated carbocycles. The van der Waals surface area contributed by atoms with Crippen LogP contribution in [0, 0.1) is 0 Å². The Labute approximate surface area is 123 Å². The van der Waals surface area contributed by atoms with Gasteiger partial charge in [-0.2, -0.15) is 0 Å². The molecule has 3 aromatic rings. The van der Waals surface area contributed by atoms with E-state index in [0.717, 1.165) is 42.1 Å². The molecule has 0 amide bonds. The molecule has 3 heterocycles. The number of ether oxygens (including phenoxy) is 1. The maximum atomic E-state index is 5.67. The van der Waals surface area contributed by atoms with Crippen LogP contribution in [0.15, 0.2) is 42.6 Å². The number of rotatable bonds is 2. The van der Waals surface area contributed by atoms with Crippen molar-refractivity contribution < 1.29 is 4.74 Å². The van der Waals surface area contributed by atoms with Crippen molar-refractivity contribution in [3.05, 3.63) is 53.7 Å². The predicted molar refractivity (Wildman–Crippen MR) is 83.6 cm³/mol. The van der Waals surface area contributed by atoms with Gasteiger partial charge in [-0.1, -0.05) is 13.0 Å². The van der Waals surface area contributed by atoms with Crippen LogP contribution in [-0.2, 0) is 12.8 Å². The van der Waals surface area contributed by atoms with Gasteiger partial charge in [0.25, 0.3) is 0 Å². The quantitative estimate of drug-likeness (QED) is 0.714. The van der Waals surface area contributed by atoms with Crippen LogP contribution in [0.3, 0.4) is 0 Å². The van der Waals surface area contributed by atoms with Crippen LogP contribution in [0.25, 0.3) is 22.3 Å². The van der Waals surface area contributed by atoms with Crippen molar-refractivity contribution in [2.75, 3.05) is 6.61 Å². The molecule has 0 unspecified atom stereocenters. The second-order valence-corrected chi connectivity index (χ2v) is 5.27. The van der Waals surface area contributed by atoms with Gasteiger partial charge in [0.05, 0.1) is 23.5 Å². The molecule has 0 radical (unpaired) electrons. The number of fused-ring (bicyclic) bond motifs is 3. The van der Waals surface area contributed by atoms with Crippen molar-refractivity contribution in [3.8, 4) is 17.1 Å². The standard InChI is InChI=1S/C18H16N2O/c1-2-12-11-16(15-5-3-4-9-19-15)20-18-13(12)6-7-17-14(18)8-10-21-17/h3-7,9,11H,2,8,10H2,1H3. The Balaban J connectivity index is 2.02. The van der Waals surface area contributed by atoms with Crippen molar-refractivity contribution in [1.82, 2.24) is 9.97 Å². The van der Waals surface area contributed by atoms with Crippen molar-refractivity contribution in [2.45, 2.75) is 19.8 Å². The first-order valence-corrected chi connectivity index (χ1v) is 7.36. The smallest absolute Gasteiger partial charge is 0.124 e. The fourth-order valence-corrected chi connectivity index (χ4v) is 2.98. The number of hydrogen-bond donors (Lipinski definition) is 0. The molecule has 0 fully saturated rings. The number of benzene rings is 1. The number of aromatic nitrogens is 2. The largest absolute Gasteiger partial charge is 0.493 e. The summed E-state index contributed by atoms with van der Waals surface area (Å²) in [5.74, 6) is 0.982. The summed E-state index contributed by atoms with van der Waals surface area (Å²) in [6, 6.07) is 12.3. The zero-order chi connectivity index (χ0) is 14.2. The normalized spacial score (nSPS) is 13.2. The summed E-state index contributed by atoms with van der Waals surface area (Å²) < 4.78 is 5.67. The van der Waals surface area contributed by atoms with Gasteiger partial charge in [-0.05, 0) is 42.3 Å². The molecule has 3 nitrogen and oxygen atoms in total. The molecule has 1 aliphatic heterocycles. The van der Waals surface area contributed by atoms with Gasteiger partial charge in [0.2, 0.25) is 0 Å². The number of pyridine rings is 2. The molecule has 0 atom stereocenters. The van der Waals surface area contributed by atoms with Crippen molar-refractivity contribution in [2.24, 2.45) is 0 Å². The molecular formula is C18H16N2O. The fraction of sp³-hybridized carbons (Fsp3) is 0.222. The highest BCUT2D eigenvalue weighted by molar-refractivity contribution is 5.89. The van der Waals surface area contributed by atoms with Gasteiger partial charge >= 0.3 is 0 Å². The third-order valence-corrected chi connectivity index (χ3v) is 4.05. The molecule has 3 heteroatoms. The fourth-order valence-electron chi connectivity index (χ4n) is 2.98. The Morgan fingerprint density at radius 1 is 1.14 bits per heavy atom. The number of nitrogens with zero attached hydrogens (tertiary/aromatic N) is 2. The van der Waals surface area contributed by atoms with Gasteiger partial charge in [0.1, 0.15) is 5.75 Å². The van der Waals surface area contributed by atoms with E-state index < -0.39 is 0 Å². The highest BCUT2D eigenvalue weighted by Gasteiger charge is 2.18. The van der Waals surface area contributed by atoms with E-state index in [9.17, 15) is 0 Å². The van der Waals surface area contributed by atoms with E-state index in [-0.39, 0.29) is 0 Å². The van der Waals surface area contributed by atoms with Gasteiger partial charge < -0.3 is 4.74 Å². The third kappa shape index (κ3) is 1.97. The minimum absolute atomic E-state index is 0.755. The van der Waals surface area contributed by atoms with Crippen molar-refractivity contribution in [1.29, 1.82) is 0 Å². The molecule has 1 aliphatic rings.